The number of thiophene rings is 1. The number of rotatable bonds is 2. The number of hydrogen-bond donors (Lipinski definition) is 0. The minimum atomic E-state index is -0.409. The van der Waals surface area contributed by atoms with Crippen LogP contribution in [0.1, 0.15) is 44.4 Å². The number of carbonyl (C=O) groups excluding carboxylic acids is 1. The first kappa shape index (κ1) is 13.3. The van der Waals surface area contributed by atoms with Crippen molar-refractivity contribution in [2.75, 3.05) is 0 Å². The van der Waals surface area contributed by atoms with Crippen molar-refractivity contribution in [3.8, 4) is 0 Å². The van der Waals surface area contributed by atoms with Gasteiger partial charge in [0, 0.05) is 9.75 Å². The summed E-state index contributed by atoms with van der Waals surface area (Å²) in [4.78, 5) is 13.9. The standard InChI is InChI=1S/C16H20OS/c1-15(2,3)13-11-8-6-7-9-12(11)14(18-13)16(4,5)10-17/h6-10H,1-5H3. The fraction of sp³-hybridized carbons (Fsp3) is 0.438. The Hall–Kier alpha value is -1.15. The molecule has 0 spiro atoms. The zero-order valence-corrected chi connectivity index (χ0v) is 12.5. The summed E-state index contributed by atoms with van der Waals surface area (Å²) in [7, 11) is 0. The lowest BCUT2D eigenvalue weighted by molar-refractivity contribution is -0.111. The van der Waals surface area contributed by atoms with Gasteiger partial charge in [-0.05, 0) is 30.0 Å². The largest absolute Gasteiger partial charge is 0.302 e. The Labute approximate surface area is 113 Å². The third-order valence-corrected chi connectivity index (χ3v) is 5.17. The van der Waals surface area contributed by atoms with E-state index in [1.807, 2.05) is 19.9 Å². The zero-order valence-electron chi connectivity index (χ0n) is 11.7. The minimum absolute atomic E-state index is 0.113. The van der Waals surface area contributed by atoms with Gasteiger partial charge in [0.25, 0.3) is 0 Å². The molecule has 0 amide bonds. The summed E-state index contributed by atoms with van der Waals surface area (Å²) in [6, 6.07) is 8.41. The van der Waals surface area contributed by atoms with Gasteiger partial charge in [-0.1, -0.05) is 45.0 Å². The topological polar surface area (TPSA) is 17.1 Å². The van der Waals surface area contributed by atoms with Crippen LogP contribution in [0.15, 0.2) is 24.3 Å². The van der Waals surface area contributed by atoms with Crippen molar-refractivity contribution in [1.82, 2.24) is 0 Å². The first-order chi connectivity index (χ1) is 8.27. The molecule has 0 aliphatic rings. The van der Waals surface area contributed by atoms with Crippen LogP contribution in [0.5, 0.6) is 0 Å². The van der Waals surface area contributed by atoms with Gasteiger partial charge in [0.1, 0.15) is 6.29 Å². The second kappa shape index (κ2) is 4.20. The second-order valence-electron chi connectivity index (χ2n) is 6.40. The Balaban J connectivity index is 2.82. The summed E-state index contributed by atoms with van der Waals surface area (Å²) in [5, 5.41) is 2.52. The van der Waals surface area contributed by atoms with Crippen LogP contribution in [0.4, 0.5) is 0 Å². The highest BCUT2D eigenvalue weighted by Gasteiger charge is 2.29. The Kier molecular flexibility index (Phi) is 3.10. The van der Waals surface area contributed by atoms with Gasteiger partial charge in [0.15, 0.2) is 0 Å². The predicted molar refractivity (Wildman–Crippen MR) is 79.6 cm³/mol. The molecular weight excluding hydrogens is 240 g/mol. The maximum atomic E-state index is 11.3. The molecule has 1 aromatic heterocycles. The average Bonchev–Trinajstić information content (AvgIpc) is 2.68. The van der Waals surface area contributed by atoms with Gasteiger partial charge in [0.2, 0.25) is 0 Å². The van der Waals surface area contributed by atoms with Crippen LogP contribution in [-0.4, -0.2) is 6.29 Å². The van der Waals surface area contributed by atoms with E-state index in [4.69, 9.17) is 0 Å². The average molecular weight is 260 g/mol. The maximum Gasteiger partial charge on any atom is 0.130 e. The van der Waals surface area contributed by atoms with E-state index >= 15 is 0 Å². The van der Waals surface area contributed by atoms with Crippen molar-refractivity contribution in [3.63, 3.8) is 0 Å². The highest BCUT2D eigenvalue weighted by Crippen LogP contribution is 2.43. The number of aldehydes is 1. The first-order valence-corrected chi connectivity index (χ1v) is 7.08. The quantitative estimate of drug-likeness (QED) is 0.717. The van der Waals surface area contributed by atoms with Crippen molar-refractivity contribution in [2.45, 2.75) is 45.4 Å². The first-order valence-electron chi connectivity index (χ1n) is 6.26. The van der Waals surface area contributed by atoms with Gasteiger partial charge >= 0.3 is 0 Å². The molecule has 1 aromatic carbocycles. The van der Waals surface area contributed by atoms with Gasteiger partial charge in [-0.2, -0.15) is 0 Å². The molecule has 0 unspecified atom stereocenters. The molecule has 2 rings (SSSR count). The highest BCUT2D eigenvalue weighted by atomic mass is 32.1. The molecule has 0 fully saturated rings. The lowest BCUT2D eigenvalue weighted by Crippen LogP contribution is -2.17. The fourth-order valence-electron chi connectivity index (χ4n) is 2.18. The molecular formula is C16H20OS. The number of benzene rings is 1. The van der Waals surface area contributed by atoms with Gasteiger partial charge in [-0.15, -0.1) is 11.3 Å². The van der Waals surface area contributed by atoms with E-state index in [9.17, 15) is 4.79 Å². The molecule has 1 nitrogen and oxygen atoms in total. The molecule has 96 valence electrons. The SMILES string of the molecule is CC(C)(C)c1sc(C(C)(C)C=O)c2ccccc12. The predicted octanol–water partition coefficient (Wildman–Crippen LogP) is 4.68. The lowest BCUT2D eigenvalue weighted by Gasteiger charge is -2.17. The van der Waals surface area contributed by atoms with Crippen molar-refractivity contribution < 1.29 is 4.79 Å². The van der Waals surface area contributed by atoms with Crippen LogP contribution in [0.2, 0.25) is 0 Å². The fourth-order valence-corrected chi connectivity index (χ4v) is 3.58. The molecule has 0 saturated heterocycles. The van der Waals surface area contributed by atoms with E-state index in [-0.39, 0.29) is 5.41 Å². The van der Waals surface area contributed by atoms with Gasteiger partial charge in [-0.25, -0.2) is 0 Å². The Morgan fingerprint density at radius 3 is 1.89 bits per heavy atom. The van der Waals surface area contributed by atoms with Gasteiger partial charge in [-0.3, -0.25) is 0 Å². The van der Waals surface area contributed by atoms with Crippen LogP contribution in [-0.2, 0) is 15.6 Å². The van der Waals surface area contributed by atoms with Crippen molar-refractivity contribution in [1.29, 1.82) is 0 Å². The van der Waals surface area contributed by atoms with Crippen LogP contribution < -0.4 is 0 Å². The van der Waals surface area contributed by atoms with E-state index in [1.165, 1.54) is 20.5 Å². The van der Waals surface area contributed by atoms with Crippen LogP contribution in [0, 0.1) is 0 Å². The number of fused-ring (bicyclic) bond motifs is 1. The van der Waals surface area contributed by atoms with E-state index in [1.54, 1.807) is 11.3 Å². The Morgan fingerprint density at radius 1 is 0.944 bits per heavy atom. The van der Waals surface area contributed by atoms with Gasteiger partial charge in [0.05, 0.1) is 5.41 Å². The Bertz CT molecular complexity index is 585. The molecule has 0 radical (unpaired) electrons. The Morgan fingerprint density at radius 2 is 1.44 bits per heavy atom. The summed E-state index contributed by atoms with van der Waals surface area (Å²) in [6.07, 6.45) is 1.05. The molecule has 1 heterocycles. The molecule has 0 aliphatic heterocycles. The lowest BCUT2D eigenvalue weighted by atomic mass is 9.88. The summed E-state index contributed by atoms with van der Waals surface area (Å²) in [5.41, 5.74) is -0.296. The monoisotopic (exact) mass is 260 g/mol. The molecule has 18 heavy (non-hydrogen) atoms. The van der Waals surface area contributed by atoms with Crippen LogP contribution >= 0.6 is 11.3 Å². The number of carbonyl (C=O) groups is 1. The molecule has 0 aliphatic carbocycles. The third kappa shape index (κ3) is 2.10. The summed E-state index contributed by atoms with van der Waals surface area (Å²) >= 11 is 1.78. The molecule has 2 heteroatoms. The molecule has 0 bridgehead atoms. The van der Waals surface area contributed by atoms with Crippen molar-refractivity contribution in [3.05, 3.63) is 34.0 Å². The van der Waals surface area contributed by atoms with E-state index in [2.05, 4.69) is 39.0 Å². The highest BCUT2D eigenvalue weighted by molar-refractivity contribution is 7.14. The minimum Gasteiger partial charge on any atom is -0.302 e. The van der Waals surface area contributed by atoms with E-state index in [0.29, 0.717) is 0 Å². The summed E-state index contributed by atoms with van der Waals surface area (Å²) in [6.45, 7) is 10.7. The zero-order chi connectivity index (χ0) is 13.6. The van der Waals surface area contributed by atoms with Gasteiger partial charge < -0.3 is 4.79 Å². The maximum absolute atomic E-state index is 11.3. The second-order valence-corrected chi connectivity index (χ2v) is 7.42. The number of hydrogen-bond acceptors (Lipinski definition) is 2. The van der Waals surface area contributed by atoms with Crippen molar-refractivity contribution in [2.24, 2.45) is 0 Å². The molecule has 0 atom stereocenters. The van der Waals surface area contributed by atoms with Crippen LogP contribution in [0.3, 0.4) is 0 Å². The smallest absolute Gasteiger partial charge is 0.130 e. The third-order valence-electron chi connectivity index (χ3n) is 3.18. The van der Waals surface area contributed by atoms with Crippen LogP contribution in [0.25, 0.3) is 10.8 Å². The molecule has 0 N–H and O–H groups in total. The molecule has 2 aromatic rings. The summed E-state index contributed by atoms with van der Waals surface area (Å²) in [5.74, 6) is 0. The van der Waals surface area contributed by atoms with E-state index < -0.39 is 5.41 Å². The van der Waals surface area contributed by atoms with E-state index in [0.717, 1.165) is 6.29 Å². The normalized spacial score (nSPS) is 12.9. The molecule has 0 saturated carbocycles. The summed E-state index contributed by atoms with van der Waals surface area (Å²) < 4.78 is 0. The van der Waals surface area contributed by atoms with Crippen molar-refractivity contribution >= 4 is 28.4 Å².